The first kappa shape index (κ1) is 23.0. The Labute approximate surface area is 193 Å². The molecule has 172 valence electrons. The number of Topliss-reactive ketones (excluding diaryl/α,β-unsaturated/α-hetero) is 1. The molecule has 33 heavy (non-hydrogen) atoms. The molecule has 1 aromatic heterocycles. The number of carbonyl (C=O) groups is 1. The predicted molar refractivity (Wildman–Crippen MR) is 126 cm³/mol. The summed E-state index contributed by atoms with van der Waals surface area (Å²) in [7, 11) is -3.61. The number of hydrogen-bond acceptors (Lipinski definition) is 7. The van der Waals surface area contributed by atoms with E-state index in [-0.39, 0.29) is 10.5 Å². The smallest absolute Gasteiger partial charge is 0.243 e. The van der Waals surface area contributed by atoms with Gasteiger partial charge < -0.3 is 10.0 Å². The summed E-state index contributed by atoms with van der Waals surface area (Å²) >= 11 is 0. The lowest BCUT2D eigenvalue weighted by atomic mass is 9.96. The van der Waals surface area contributed by atoms with Gasteiger partial charge in [-0.25, -0.2) is 18.4 Å². The lowest BCUT2D eigenvalue weighted by Crippen LogP contribution is -2.49. The third kappa shape index (κ3) is 4.66. The summed E-state index contributed by atoms with van der Waals surface area (Å²) in [5.41, 5.74) is 4.67. The molecule has 0 saturated carbocycles. The number of aliphatic hydroxyl groups is 1. The molecule has 9 heteroatoms. The fraction of sp³-hybridized carbons (Fsp3) is 0.292. The van der Waals surface area contributed by atoms with Gasteiger partial charge in [0.05, 0.1) is 10.5 Å². The monoisotopic (exact) mass is 466 g/mol. The Morgan fingerprint density at radius 2 is 1.52 bits per heavy atom. The van der Waals surface area contributed by atoms with Gasteiger partial charge in [0.2, 0.25) is 16.0 Å². The number of aryl methyl sites for hydroxylation is 2. The topological polar surface area (TPSA) is 104 Å². The summed E-state index contributed by atoms with van der Waals surface area (Å²) < 4.78 is 27.8. The standard InChI is InChI=1S/C24H26N4O4S/c1-17-4-3-5-18(2)23(17)19-6-8-21(9-7-19)33(31,32)28-12-10-27(11-13-28)24-25-14-20(15-26-24)22(30)16-29/h3-9,14-15,29H,10-13,16H2,1-2H3. The fourth-order valence-corrected chi connectivity index (χ4v) is 5.48. The van der Waals surface area contributed by atoms with Crippen molar-refractivity contribution in [1.82, 2.24) is 14.3 Å². The van der Waals surface area contributed by atoms with Crippen molar-refractivity contribution in [3.63, 3.8) is 0 Å². The van der Waals surface area contributed by atoms with Gasteiger partial charge in [-0.05, 0) is 48.2 Å². The maximum Gasteiger partial charge on any atom is 0.243 e. The van der Waals surface area contributed by atoms with Crippen molar-refractivity contribution in [3.05, 3.63) is 71.5 Å². The van der Waals surface area contributed by atoms with E-state index in [1.54, 1.807) is 12.1 Å². The van der Waals surface area contributed by atoms with Gasteiger partial charge in [0.1, 0.15) is 6.61 Å². The second-order valence-corrected chi connectivity index (χ2v) is 9.97. The average molecular weight is 467 g/mol. The van der Waals surface area contributed by atoms with Gasteiger partial charge in [-0.1, -0.05) is 30.3 Å². The highest BCUT2D eigenvalue weighted by Gasteiger charge is 2.29. The SMILES string of the molecule is Cc1cccc(C)c1-c1ccc(S(=O)(=O)N2CCN(c3ncc(C(=O)CO)cn3)CC2)cc1. The molecule has 0 unspecified atom stereocenters. The minimum atomic E-state index is -3.61. The summed E-state index contributed by atoms with van der Waals surface area (Å²) in [6.07, 6.45) is 2.75. The lowest BCUT2D eigenvalue weighted by Gasteiger charge is -2.34. The molecule has 1 saturated heterocycles. The van der Waals surface area contributed by atoms with Crippen molar-refractivity contribution in [1.29, 1.82) is 0 Å². The maximum atomic E-state index is 13.2. The van der Waals surface area contributed by atoms with Crippen LogP contribution in [0.4, 0.5) is 5.95 Å². The molecule has 1 aliphatic rings. The van der Waals surface area contributed by atoms with Crippen LogP contribution < -0.4 is 4.90 Å². The molecule has 1 fully saturated rings. The first-order valence-corrected chi connectivity index (χ1v) is 12.1. The van der Waals surface area contributed by atoms with Crippen molar-refractivity contribution in [3.8, 4) is 11.1 Å². The van der Waals surface area contributed by atoms with Crippen molar-refractivity contribution in [2.75, 3.05) is 37.7 Å². The number of benzene rings is 2. The fourth-order valence-electron chi connectivity index (χ4n) is 4.06. The van der Waals surface area contributed by atoms with E-state index in [9.17, 15) is 13.2 Å². The van der Waals surface area contributed by atoms with Crippen LogP contribution in [-0.2, 0) is 10.0 Å². The third-order valence-electron chi connectivity index (χ3n) is 5.89. The van der Waals surface area contributed by atoms with E-state index in [4.69, 9.17) is 5.11 Å². The van der Waals surface area contributed by atoms with Crippen LogP contribution >= 0.6 is 0 Å². The number of anilines is 1. The number of aliphatic hydroxyl groups excluding tert-OH is 1. The van der Waals surface area contributed by atoms with Crippen molar-refractivity contribution >= 4 is 21.8 Å². The number of aromatic nitrogens is 2. The van der Waals surface area contributed by atoms with Crippen LogP contribution in [0.25, 0.3) is 11.1 Å². The maximum absolute atomic E-state index is 13.2. The Morgan fingerprint density at radius 3 is 2.06 bits per heavy atom. The van der Waals surface area contributed by atoms with E-state index in [2.05, 4.69) is 9.97 Å². The highest BCUT2D eigenvalue weighted by atomic mass is 32.2. The molecule has 2 aromatic carbocycles. The Balaban J connectivity index is 1.45. The molecular formula is C24H26N4O4S. The Kier molecular flexibility index (Phi) is 6.55. The third-order valence-corrected chi connectivity index (χ3v) is 7.80. The van der Waals surface area contributed by atoms with E-state index >= 15 is 0 Å². The number of nitrogens with zero attached hydrogens (tertiary/aromatic N) is 4. The second-order valence-electron chi connectivity index (χ2n) is 8.04. The van der Waals surface area contributed by atoms with Gasteiger partial charge in [0.15, 0.2) is 5.78 Å². The molecule has 1 aliphatic heterocycles. The van der Waals surface area contributed by atoms with Crippen LogP contribution in [0.3, 0.4) is 0 Å². The van der Waals surface area contributed by atoms with E-state index in [1.165, 1.54) is 16.7 Å². The van der Waals surface area contributed by atoms with Crippen LogP contribution in [-0.4, -0.2) is 66.4 Å². The molecule has 0 radical (unpaired) electrons. The lowest BCUT2D eigenvalue weighted by molar-refractivity contribution is 0.0903. The van der Waals surface area contributed by atoms with Crippen molar-refractivity contribution in [2.45, 2.75) is 18.7 Å². The van der Waals surface area contributed by atoms with Gasteiger partial charge in [0, 0.05) is 38.6 Å². The summed E-state index contributed by atoms with van der Waals surface area (Å²) in [4.78, 5) is 22.0. The minimum absolute atomic E-state index is 0.242. The molecule has 1 N–H and O–H groups in total. The van der Waals surface area contributed by atoms with Gasteiger partial charge in [-0.2, -0.15) is 4.31 Å². The number of rotatable bonds is 6. The van der Waals surface area contributed by atoms with E-state index < -0.39 is 22.4 Å². The molecular weight excluding hydrogens is 440 g/mol. The van der Waals surface area contributed by atoms with Gasteiger partial charge >= 0.3 is 0 Å². The van der Waals surface area contributed by atoms with E-state index in [0.717, 1.165) is 22.3 Å². The minimum Gasteiger partial charge on any atom is -0.388 e. The zero-order chi connectivity index (χ0) is 23.6. The summed E-state index contributed by atoms with van der Waals surface area (Å²) in [6, 6.07) is 13.2. The predicted octanol–water partition coefficient (Wildman–Crippen LogP) is 2.45. The molecule has 0 aliphatic carbocycles. The van der Waals surface area contributed by atoms with Crippen molar-refractivity contribution in [2.24, 2.45) is 0 Å². The van der Waals surface area contributed by atoms with Gasteiger partial charge in [0.25, 0.3) is 0 Å². The van der Waals surface area contributed by atoms with Crippen molar-refractivity contribution < 1.29 is 18.3 Å². The first-order chi connectivity index (χ1) is 15.8. The molecule has 3 aromatic rings. The van der Waals surface area contributed by atoms with Gasteiger partial charge in [-0.15, -0.1) is 0 Å². The quantitative estimate of drug-likeness (QED) is 0.557. The molecule has 0 atom stereocenters. The van der Waals surface area contributed by atoms with E-state index in [1.807, 2.05) is 49.1 Å². The normalized spacial score (nSPS) is 14.9. The number of carbonyl (C=O) groups excluding carboxylic acids is 1. The van der Waals surface area contributed by atoms with E-state index in [0.29, 0.717) is 32.1 Å². The number of piperazine rings is 1. The zero-order valence-corrected chi connectivity index (χ0v) is 19.4. The van der Waals surface area contributed by atoms with Crippen LogP contribution in [0.1, 0.15) is 21.5 Å². The van der Waals surface area contributed by atoms with Gasteiger partial charge in [-0.3, -0.25) is 4.79 Å². The number of sulfonamides is 1. The summed E-state index contributed by atoms with van der Waals surface area (Å²) in [5, 5.41) is 8.93. The summed E-state index contributed by atoms with van der Waals surface area (Å²) in [5.74, 6) is -0.0134. The second kappa shape index (κ2) is 9.38. The highest BCUT2D eigenvalue weighted by molar-refractivity contribution is 7.89. The molecule has 0 bridgehead atoms. The average Bonchev–Trinajstić information content (AvgIpc) is 2.84. The Bertz CT molecular complexity index is 1230. The molecule has 2 heterocycles. The first-order valence-electron chi connectivity index (χ1n) is 10.7. The summed E-state index contributed by atoms with van der Waals surface area (Å²) in [6.45, 7) is 5.00. The largest absolute Gasteiger partial charge is 0.388 e. The Morgan fingerprint density at radius 1 is 0.939 bits per heavy atom. The van der Waals surface area contributed by atoms with Crippen LogP contribution in [0.2, 0.25) is 0 Å². The van der Waals surface area contributed by atoms with Crippen LogP contribution in [0, 0.1) is 13.8 Å². The molecule has 0 spiro atoms. The number of hydrogen-bond donors (Lipinski definition) is 1. The molecule has 8 nitrogen and oxygen atoms in total. The molecule has 0 amide bonds. The Hall–Kier alpha value is -3.14. The highest BCUT2D eigenvalue weighted by Crippen LogP contribution is 2.29. The number of ketones is 1. The molecule has 4 rings (SSSR count). The van der Waals surface area contributed by atoms with Crippen LogP contribution in [0.15, 0.2) is 59.8 Å². The van der Waals surface area contributed by atoms with Crippen LogP contribution in [0.5, 0.6) is 0 Å². The zero-order valence-electron chi connectivity index (χ0n) is 18.6.